The number of morpholine rings is 1. The van der Waals surface area contributed by atoms with E-state index in [1.807, 2.05) is 4.90 Å². The number of amides is 1. The Labute approximate surface area is 180 Å². The molecule has 8 nitrogen and oxygen atoms in total. The molecule has 2 rings (SSSR count). The maximum atomic E-state index is 13.3. The second kappa shape index (κ2) is 12.2. The molecule has 0 aromatic heterocycles. The normalized spacial score (nSPS) is 15.2. The van der Waals surface area contributed by atoms with Crippen molar-refractivity contribution in [2.24, 2.45) is 0 Å². The topological polar surface area (TPSA) is 88.2 Å². The van der Waals surface area contributed by atoms with Gasteiger partial charge >= 0.3 is 0 Å². The molecule has 1 aliphatic rings. The molecule has 0 saturated carbocycles. The Balaban J connectivity index is 2.18. The average molecular weight is 442 g/mol. The lowest BCUT2D eigenvalue weighted by Crippen LogP contribution is -2.43. The quantitative estimate of drug-likeness (QED) is 0.499. The van der Waals surface area contributed by atoms with E-state index in [0.29, 0.717) is 31.9 Å². The standard InChI is InChI=1S/C21H35N3O5S/c1-4-5-6-7-10-24(12-11-23-13-15-29-16-14-23)21(25)18-8-9-19(28-3)20(17-18)30(26,27)22-2/h8-9,17,22H,4-7,10-16H2,1-3H3. The van der Waals surface area contributed by atoms with Crippen molar-refractivity contribution in [3.05, 3.63) is 23.8 Å². The zero-order chi connectivity index (χ0) is 22.0. The Morgan fingerprint density at radius 2 is 1.93 bits per heavy atom. The minimum atomic E-state index is -3.74. The van der Waals surface area contributed by atoms with E-state index in [4.69, 9.17) is 9.47 Å². The predicted octanol–water partition coefficient (Wildman–Crippen LogP) is 1.96. The molecule has 1 amide bonds. The summed E-state index contributed by atoms with van der Waals surface area (Å²) in [6.07, 6.45) is 4.27. The smallest absolute Gasteiger partial charge is 0.253 e. The van der Waals surface area contributed by atoms with Crippen LogP contribution in [-0.2, 0) is 14.8 Å². The first-order chi connectivity index (χ1) is 14.4. The minimum absolute atomic E-state index is 0.0301. The van der Waals surface area contributed by atoms with Gasteiger partial charge in [-0.1, -0.05) is 26.2 Å². The number of sulfonamides is 1. The summed E-state index contributed by atoms with van der Waals surface area (Å²) in [5, 5.41) is 0. The van der Waals surface area contributed by atoms with Crippen LogP contribution in [0.25, 0.3) is 0 Å². The van der Waals surface area contributed by atoms with E-state index < -0.39 is 10.0 Å². The first-order valence-corrected chi connectivity index (χ1v) is 12.1. The van der Waals surface area contributed by atoms with Crippen molar-refractivity contribution < 1.29 is 22.7 Å². The van der Waals surface area contributed by atoms with E-state index in [1.165, 1.54) is 26.3 Å². The van der Waals surface area contributed by atoms with E-state index in [-0.39, 0.29) is 16.6 Å². The van der Waals surface area contributed by atoms with Crippen LogP contribution in [-0.4, -0.2) is 84.2 Å². The minimum Gasteiger partial charge on any atom is -0.495 e. The highest BCUT2D eigenvalue weighted by Crippen LogP contribution is 2.25. The first-order valence-electron chi connectivity index (χ1n) is 10.6. The lowest BCUT2D eigenvalue weighted by Gasteiger charge is -2.30. The third kappa shape index (κ3) is 6.94. The number of hydrogen-bond acceptors (Lipinski definition) is 6. The van der Waals surface area contributed by atoms with Crippen molar-refractivity contribution in [3.8, 4) is 5.75 Å². The molecule has 1 saturated heterocycles. The summed E-state index contributed by atoms with van der Waals surface area (Å²) < 4.78 is 37.6. The summed E-state index contributed by atoms with van der Waals surface area (Å²) in [4.78, 5) is 17.4. The molecule has 1 aliphatic heterocycles. The largest absolute Gasteiger partial charge is 0.495 e. The molecule has 0 aliphatic carbocycles. The number of carbonyl (C=O) groups is 1. The van der Waals surface area contributed by atoms with Crippen LogP contribution in [0.15, 0.2) is 23.1 Å². The zero-order valence-electron chi connectivity index (χ0n) is 18.4. The van der Waals surface area contributed by atoms with Crippen LogP contribution in [0.1, 0.15) is 43.0 Å². The number of carbonyl (C=O) groups excluding carboxylic acids is 1. The monoisotopic (exact) mass is 441 g/mol. The van der Waals surface area contributed by atoms with Gasteiger partial charge in [-0.25, -0.2) is 13.1 Å². The number of rotatable bonds is 12. The second-order valence-corrected chi connectivity index (χ2v) is 9.24. The number of methoxy groups -OCH3 is 1. The molecule has 1 N–H and O–H groups in total. The van der Waals surface area contributed by atoms with Crippen LogP contribution in [0.4, 0.5) is 0 Å². The van der Waals surface area contributed by atoms with Crippen molar-refractivity contribution in [1.82, 2.24) is 14.5 Å². The van der Waals surface area contributed by atoms with Gasteiger partial charge in [-0.2, -0.15) is 0 Å². The van der Waals surface area contributed by atoms with Gasteiger partial charge in [0.1, 0.15) is 10.6 Å². The molecule has 0 atom stereocenters. The van der Waals surface area contributed by atoms with Crippen LogP contribution in [0.2, 0.25) is 0 Å². The summed E-state index contributed by atoms with van der Waals surface area (Å²) in [6, 6.07) is 4.57. The highest BCUT2D eigenvalue weighted by Gasteiger charge is 2.23. The Bertz CT molecular complexity index is 779. The Morgan fingerprint density at radius 3 is 2.57 bits per heavy atom. The van der Waals surface area contributed by atoms with E-state index >= 15 is 0 Å². The molecule has 30 heavy (non-hydrogen) atoms. The number of nitrogens with zero attached hydrogens (tertiary/aromatic N) is 2. The van der Waals surface area contributed by atoms with Gasteiger partial charge in [-0.3, -0.25) is 9.69 Å². The summed E-state index contributed by atoms with van der Waals surface area (Å²) >= 11 is 0. The van der Waals surface area contributed by atoms with E-state index in [9.17, 15) is 13.2 Å². The first kappa shape index (κ1) is 24.6. The molecule has 170 valence electrons. The van der Waals surface area contributed by atoms with Crippen LogP contribution < -0.4 is 9.46 Å². The van der Waals surface area contributed by atoms with Gasteiger partial charge in [-0.05, 0) is 31.7 Å². The third-order valence-corrected chi connectivity index (χ3v) is 6.76. The fourth-order valence-electron chi connectivity index (χ4n) is 3.44. The molecule has 1 aromatic rings. The summed E-state index contributed by atoms with van der Waals surface area (Å²) in [5.74, 6) is 0.0543. The maximum absolute atomic E-state index is 13.3. The lowest BCUT2D eigenvalue weighted by molar-refractivity contribution is 0.0324. The molecule has 1 heterocycles. The molecule has 1 fully saturated rings. The molecule has 9 heteroatoms. The number of benzene rings is 1. The van der Waals surface area contributed by atoms with Gasteiger partial charge in [0.25, 0.3) is 5.91 Å². The van der Waals surface area contributed by atoms with Gasteiger partial charge in [0.2, 0.25) is 10.0 Å². The molecular formula is C21H35N3O5S. The fraction of sp³-hybridized carbons (Fsp3) is 0.667. The van der Waals surface area contributed by atoms with Crippen LogP contribution in [0.5, 0.6) is 5.75 Å². The summed E-state index contributed by atoms with van der Waals surface area (Å²) in [5.41, 5.74) is 0.349. The molecule has 0 spiro atoms. The zero-order valence-corrected chi connectivity index (χ0v) is 19.2. The van der Waals surface area contributed by atoms with Crippen LogP contribution >= 0.6 is 0 Å². The second-order valence-electron chi connectivity index (χ2n) is 7.38. The van der Waals surface area contributed by atoms with Crippen molar-refractivity contribution in [1.29, 1.82) is 0 Å². The highest BCUT2D eigenvalue weighted by molar-refractivity contribution is 7.89. The van der Waals surface area contributed by atoms with Gasteiger partial charge in [-0.15, -0.1) is 0 Å². The van der Waals surface area contributed by atoms with E-state index in [2.05, 4.69) is 16.5 Å². The molecule has 1 aromatic carbocycles. The Hall–Kier alpha value is -1.68. The van der Waals surface area contributed by atoms with E-state index in [0.717, 1.165) is 45.3 Å². The average Bonchev–Trinajstić information content (AvgIpc) is 2.78. The lowest BCUT2D eigenvalue weighted by atomic mass is 10.1. The highest BCUT2D eigenvalue weighted by atomic mass is 32.2. The molecular weight excluding hydrogens is 406 g/mol. The van der Waals surface area contributed by atoms with Crippen LogP contribution in [0, 0.1) is 0 Å². The van der Waals surface area contributed by atoms with Crippen molar-refractivity contribution in [3.63, 3.8) is 0 Å². The Kier molecular flexibility index (Phi) is 10.0. The van der Waals surface area contributed by atoms with Crippen molar-refractivity contribution in [2.45, 2.75) is 37.5 Å². The van der Waals surface area contributed by atoms with E-state index in [1.54, 1.807) is 6.07 Å². The SMILES string of the molecule is CCCCCCN(CCN1CCOCC1)C(=O)c1ccc(OC)c(S(=O)(=O)NC)c1. The number of unbranched alkanes of at least 4 members (excludes halogenated alkanes) is 3. The number of hydrogen-bond donors (Lipinski definition) is 1. The van der Waals surface area contributed by atoms with Crippen molar-refractivity contribution >= 4 is 15.9 Å². The summed E-state index contributed by atoms with van der Waals surface area (Å²) in [7, 11) is -0.995. The fourth-order valence-corrected chi connectivity index (χ4v) is 4.36. The van der Waals surface area contributed by atoms with Gasteiger partial charge < -0.3 is 14.4 Å². The Morgan fingerprint density at radius 1 is 1.20 bits per heavy atom. The van der Waals surface area contributed by atoms with Crippen LogP contribution in [0.3, 0.4) is 0 Å². The predicted molar refractivity (Wildman–Crippen MR) is 117 cm³/mol. The maximum Gasteiger partial charge on any atom is 0.253 e. The molecule has 0 radical (unpaired) electrons. The molecule has 0 unspecified atom stereocenters. The number of nitrogens with one attached hydrogen (secondary N) is 1. The van der Waals surface area contributed by atoms with Crippen molar-refractivity contribution in [2.75, 3.05) is 60.1 Å². The van der Waals surface area contributed by atoms with Gasteiger partial charge in [0.15, 0.2) is 0 Å². The third-order valence-electron chi connectivity index (χ3n) is 5.33. The van der Waals surface area contributed by atoms with Gasteiger partial charge in [0, 0.05) is 38.3 Å². The molecule has 0 bridgehead atoms. The van der Waals surface area contributed by atoms with Gasteiger partial charge in [0.05, 0.1) is 20.3 Å². The summed E-state index contributed by atoms with van der Waals surface area (Å²) in [6.45, 7) is 7.36. The number of ether oxygens (including phenoxy) is 2.